The SMILES string of the molecule is O=C(NO)c1cc(F)c2c(c1)CCN(CC13CC4=CC(CC(=C4)C1)O3)C2. The lowest BCUT2D eigenvalue weighted by Crippen LogP contribution is -2.54. The van der Waals surface area contributed by atoms with Crippen molar-refractivity contribution in [1.82, 2.24) is 10.4 Å². The maximum Gasteiger partial charge on any atom is 0.274 e. The molecule has 1 fully saturated rings. The summed E-state index contributed by atoms with van der Waals surface area (Å²) in [5, 5.41) is 8.76. The molecular weight excluding hydrogens is 335 g/mol. The van der Waals surface area contributed by atoms with E-state index in [1.807, 2.05) is 0 Å². The number of halogens is 1. The second-order valence-corrected chi connectivity index (χ2v) is 7.94. The van der Waals surface area contributed by atoms with Crippen molar-refractivity contribution >= 4 is 5.91 Å². The van der Waals surface area contributed by atoms with Gasteiger partial charge < -0.3 is 4.74 Å². The molecule has 3 heterocycles. The largest absolute Gasteiger partial charge is 0.365 e. The van der Waals surface area contributed by atoms with Gasteiger partial charge in [0.1, 0.15) is 5.82 Å². The van der Waals surface area contributed by atoms with Gasteiger partial charge in [0.15, 0.2) is 0 Å². The molecule has 1 saturated heterocycles. The molecule has 0 saturated carbocycles. The van der Waals surface area contributed by atoms with E-state index in [1.54, 1.807) is 11.5 Å². The van der Waals surface area contributed by atoms with Gasteiger partial charge in [-0.05, 0) is 42.5 Å². The van der Waals surface area contributed by atoms with Crippen LogP contribution in [0.25, 0.3) is 0 Å². The van der Waals surface area contributed by atoms with Crippen molar-refractivity contribution in [3.05, 3.63) is 57.9 Å². The monoisotopic (exact) mass is 356 g/mol. The zero-order chi connectivity index (χ0) is 17.9. The van der Waals surface area contributed by atoms with Crippen molar-refractivity contribution in [2.24, 2.45) is 0 Å². The first kappa shape index (κ1) is 16.2. The van der Waals surface area contributed by atoms with E-state index in [1.165, 1.54) is 17.2 Å². The van der Waals surface area contributed by atoms with Crippen LogP contribution >= 0.6 is 0 Å². The molecule has 26 heavy (non-hydrogen) atoms. The molecule has 2 unspecified atom stereocenters. The molecule has 5 nitrogen and oxygen atoms in total. The Balaban J connectivity index is 1.36. The van der Waals surface area contributed by atoms with E-state index < -0.39 is 5.91 Å². The highest BCUT2D eigenvalue weighted by Crippen LogP contribution is 2.47. The van der Waals surface area contributed by atoms with Crippen LogP contribution in [0.4, 0.5) is 4.39 Å². The number of amides is 1. The highest BCUT2D eigenvalue weighted by molar-refractivity contribution is 5.93. The van der Waals surface area contributed by atoms with Gasteiger partial charge in [-0.1, -0.05) is 17.7 Å². The van der Waals surface area contributed by atoms with E-state index in [2.05, 4.69) is 17.1 Å². The summed E-state index contributed by atoms with van der Waals surface area (Å²) in [6, 6.07) is 2.88. The average molecular weight is 356 g/mol. The first-order valence-corrected chi connectivity index (χ1v) is 9.10. The molecule has 1 aromatic carbocycles. The maximum atomic E-state index is 14.6. The predicted octanol–water partition coefficient (Wildman–Crippen LogP) is 2.49. The number of hydrogen-bond donors (Lipinski definition) is 2. The number of hydrogen-bond acceptors (Lipinski definition) is 4. The summed E-state index contributed by atoms with van der Waals surface area (Å²) in [5.74, 6) is -1.07. The minimum Gasteiger partial charge on any atom is -0.365 e. The van der Waals surface area contributed by atoms with E-state index in [9.17, 15) is 9.18 Å². The zero-order valence-corrected chi connectivity index (χ0v) is 14.4. The minimum atomic E-state index is -0.683. The first-order valence-electron chi connectivity index (χ1n) is 9.10. The molecule has 136 valence electrons. The Morgan fingerprint density at radius 1 is 1.42 bits per heavy atom. The highest BCUT2D eigenvalue weighted by atomic mass is 19.1. The fourth-order valence-electron chi connectivity index (χ4n) is 5.05. The third kappa shape index (κ3) is 2.60. The first-order chi connectivity index (χ1) is 12.5. The quantitative estimate of drug-likeness (QED) is 0.645. The Kier molecular flexibility index (Phi) is 3.57. The van der Waals surface area contributed by atoms with Crippen molar-refractivity contribution < 1.29 is 19.1 Å². The van der Waals surface area contributed by atoms with Crippen LogP contribution in [0, 0.1) is 5.82 Å². The zero-order valence-electron chi connectivity index (χ0n) is 14.4. The average Bonchev–Trinajstić information content (AvgIpc) is 2.60. The lowest BCUT2D eigenvalue weighted by atomic mass is 9.73. The smallest absolute Gasteiger partial charge is 0.274 e. The standard InChI is InChI=1S/C20H21FN2O3/c21-18-7-15(19(24)22-25)6-14-1-2-23(10-17(14)18)11-20-8-12-3-13(9-20)5-16(4-12)26-20/h3-4,6-7,16,25H,1-2,5,8-11H2,(H,22,24). The molecule has 6 rings (SSSR count). The second kappa shape index (κ2) is 5.74. The molecule has 0 aromatic heterocycles. The summed E-state index contributed by atoms with van der Waals surface area (Å²) in [6.07, 6.45) is 8.37. The fraction of sp³-hybridized carbons (Fsp3) is 0.450. The summed E-state index contributed by atoms with van der Waals surface area (Å²) in [6.45, 7) is 2.14. The topological polar surface area (TPSA) is 61.8 Å². The molecule has 5 aliphatic rings. The van der Waals surface area contributed by atoms with Gasteiger partial charge in [0.05, 0.1) is 11.7 Å². The van der Waals surface area contributed by atoms with Crippen LogP contribution in [0.2, 0.25) is 0 Å². The minimum absolute atomic E-state index is 0.153. The number of nitrogens with one attached hydrogen (secondary N) is 1. The lowest BCUT2D eigenvalue weighted by molar-refractivity contribution is -0.121. The number of allylic oxidation sites excluding steroid dienone is 1. The Morgan fingerprint density at radius 3 is 3.08 bits per heavy atom. The van der Waals surface area contributed by atoms with Crippen molar-refractivity contribution in [1.29, 1.82) is 0 Å². The van der Waals surface area contributed by atoms with Gasteiger partial charge in [-0.25, -0.2) is 9.87 Å². The lowest BCUT2D eigenvalue weighted by Gasteiger charge is -2.50. The number of carbonyl (C=O) groups is 1. The Bertz CT molecular complexity index is 863. The van der Waals surface area contributed by atoms with E-state index in [4.69, 9.17) is 9.94 Å². The molecule has 2 atom stereocenters. The van der Waals surface area contributed by atoms with E-state index in [-0.39, 0.29) is 23.1 Å². The fourth-order valence-corrected chi connectivity index (χ4v) is 5.05. The van der Waals surface area contributed by atoms with Crippen LogP contribution in [0.5, 0.6) is 0 Å². The number of ether oxygens (including phenoxy) is 1. The normalized spacial score (nSPS) is 29.2. The van der Waals surface area contributed by atoms with Crippen LogP contribution in [0.15, 0.2) is 35.4 Å². The molecule has 4 bridgehead atoms. The maximum absolute atomic E-state index is 14.6. The number of carbonyl (C=O) groups excluding carboxylic acids is 1. The molecule has 1 aromatic rings. The number of fused-ring (bicyclic) bond motifs is 1. The van der Waals surface area contributed by atoms with Gasteiger partial charge in [0.25, 0.3) is 5.91 Å². The third-order valence-corrected chi connectivity index (χ3v) is 5.97. The van der Waals surface area contributed by atoms with Crippen molar-refractivity contribution in [3.63, 3.8) is 0 Å². The van der Waals surface area contributed by atoms with Gasteiger partial charge in [0, 0.05) is 37.2 Å². The van der Waals surface area contributed by atoms with Crippen LogP contribution in [0.3, 0.4) is 0 Å². The summed E-state index contributed by atoms with van der Waals surface area (Å²) >= 11 is 0. The van der Waals surface area contributed by atoms with Crippen molar-refractivity contribution in [2.75, 3.05) is 13.1 Å². The van der Waals surface area contributed by atoms with Crippen LogP contribution in [0.1, 0.15) is 40.7 Å². The molecule has 2 aliphatic carbocycles. The number of benzene rings is 1. The molecule has 6 heteroatoms. The predicted molar refractivity (Wildman–Crippen MR) is 92.3 cm³/mol. The van der Waals surface area contributed by atoms with Crippen LogP contribution in [-0.2, 0) is 17.7 Å². The Labute approximate surface area is 151 Å². The number of hydroxylamine groups is 1. The third-order valence-electron chi connectivity index (χ3n) is 5.97. The Morgan fingerprint density at radius 2 is 2.31 bits per heavy atom. The summed E-state index contributed by atoms with van der Waals surface area (Å²) in [4.78, 5) is 13.8. The van der Waals surface area contributed by atoms with Crippen molar-refractivity contribution in [3.8, 4) is 0 Å². The summed E-state index contributed by atoms with van der Waals surface area (Å²) < 4.78 is 20.9. The molecule has 3 aliphatic heterocycles. The van der Waals surface area contributed by atoms with Crippen molar-refractivity contribution in [2.45, 2.75) is 43.9 Å². The van der Waals surface area contributed by atoms with Gasteiger partial charge in [-0.2, -0.15) is 0 Å². The second-order valence-electron chi connectivity index (χ2n) is 7.94. The summed E-state index contributed by atoms with van der Waals surface area (Å²) in [7, 11) is 0. The molecular formula is C20H21FN2O3. The Hall–Kier alpha value is -2.02. The van der Waals surface area contributed by atoms with Gasteiger partial charge in [0.2, 0.25) is 0 Å². The van der Waals surface area contributed by atoms with E-state index in [0.717, 1.165) is 37.9 Å². The van der Waals surface area contributed by atoms with E-state index in [0.29, 0.717) is 18.5 Å². The van der Waals surface area contributed by atoms with Crippen LogP contribution < -0.4 is 5.48 Å². The highest BCUT2D eigenvalue weighted by Gasteiger charge is 2.46. The number of nitrogens with zero attached hydrogens (tertiary/aromatic N) is 1. The van der Waals surface area contributed by atoms with Gasteiger partial charge in [-0.15, -0.1) is 0 Å². The summed E-state index contributed by atoms with van der Waals surface area (Å²) in [5.41, 5.74) is 5.91. The van der Waals surface area contributed by atoms with Gasteiger partial charge in [-0.3, -0.25) is 14.9 Å². The molecule has 0 spiro atoms. The van der Waals surface area contributed by atoms with Gasteiger partial charge >= 0.3 is 0 Å². The van der Waals surface area contributed by atoms with Crippen LogP contribution in [-0.4, -0.2) is 40.8 Å². The molecule has 1 amide bonds. The van der Waals surface area contributed by atoms with E-state index >= 15 is 0 Å². The molecule has 2 N–H and O–H groups in total. The molecule has 0 radical (unpaired) electrons. The number of rotatable bonds is 3.